The van der Waals surface area contributed by atoms with Gasteiger partial charge < -0.3 is 10.1 Å². The molecule has 1 aromatic carbocycles. The van der Waals surface area contributed by atoms with E-state index < -0.39 is 0 Å². The largest absolute Gasteiger partial charge is 0.497 e. The number of rotatable bonds is 4. The molecular weight excluding hydrogens is 256 g/mol. The number of hydrogen-bond donors (Lipinski definition) is 1. The number of carbonyl (C=O) groups excluding carboxylic acids is 2. The number of nitrogens with zero attached hydrogens (tertiary/aromatic N) is 1. The summed E-state index contributed by atoms with van der Waals surface area (Å²) in [6.45, 7) is 1.44. The predicted octanol–water partition coefficient (Wildman–Crippen LogP) is 2.55. The van der Waals surface area contributed by atoms with Gasteiger partial charge in [-0.1, -0.05) is 6.07 Å². The number of pyridine rings is 1. The number of hydrogen-bond acceptors (Lipinski definition) is 4. The number of methoxy groups -OCH3 is 1. The molecule has 2 aromatic rings. The molecule has 0 saturated heterocycles. The Morgan fingerprint density at radius 3 is 2.60 bits per heavy atom. The summed E-state index contributed by atoms with van der Waals surface area (Å²) in [6.07, 6.45) is 1.54. The smallest absolute Gasteiger partial charge is 0.274 e. The molecule has 5 heteroatoms. The second kappa shape index (κ2) is 5.97. The highest BCUT2D eigenvalue weighted by Crippen LogP contribution is 2.23. The number of aromatic nitrogens is 1. The first-order valence-electron chi connectivity index (χ1n) is 6.03. The molecular formula is C15H14N2O3. The molecule has 102 valence electrons. The van der Waals surface area contributed by atoms with Gasteiger partial charge in [-0.2, -0.15) is 0 Å². The Kier molecular flexibility index (Phi) is 4.10. The van der Waals surface area contributed by atoms with Gasteiger partial charge in [0.15, 0.2) is 5.78 Å². The highest BCUT2D eigenvalue weighted by atomic mass is 16.5. The van der Waals surface area contributed by atoms with Crippen molar-refractivity contribution in [3.05, 3.63) is 53.9 Å². The van der Waals surface area contributed by atoms with Crippen LogP contribution in [0.5, 0.6) is 5.75 Å². The molecule has 1 aromatic heterocycles. The van der Waals surface area contributed by atoms with Crippen molar-refractivity contribution >= 4 is 17.4 Å². The van der Waals surface area contributed by atoms with Crippen LogP contribution in [0.2, 0.25) is 0 Å². The molecule has 20 heavy (non-hydrogen) atoms. The van der Waals surface area contributed by atoms with Gasteiger partial charge in [0.25, 0.3) is 5.91 Å². The van der Waals surface area contributed by atoms with Crippen molar-refractivity contribution in [2.24, 2.45) is 0 Å². The molecule has 0 spiro atoms. The highest BCUT2D eigenvalue weighted by molar-refractivity contribution is 6.08. The molecule has 0 radical (unpaired) electrons. The molecule has 2 rings (SSSR count). The minimum atomic E-state index is -0.363. The van der Waals surface area contributed by atoms with Crippen molar-refractivity contribution in [3.8, 4) is 5.75 Å². The lowest BCUT2D eigenvalue weighted by atomic mass is 10.1. The minimum absolute atomic E-state index is 0.153. The van der Waals surface area contributed by atoms with Crippen molar-refractivity contribution < 1.29 is 14.3 Å². The average molecular weight is 270 g/mol. The minimum Gasteiger partial charge on any atom is -0.497 e. The third-order valence-electron chi connectivity index (χ3n) is 2.75. The molecule has 1 heterocycles. The van der Waals surface area contributed by atoms with E-state index >= 15 is 0 Å². The van der Waals surface area contributed by atoms with Crippen molar-refractivity contribution in [1.29, 1.82) is 0 Å². The van der Waals surface area contributed by atoms with Gasteiger partial charge >= 0.3 is 0 Å². The first kappa shape index (κ1) is 13.7. The van der Waals surface area contributed by atoms with Crippen molar-refractivity contribution in [3.63, 3.8) is 0 Å². The van der Waals surface area contributed by atoms with Crippen molar-refractivity contribution in [1.82, 2.24) is 4.98 Å². The zero-order chi connectivity index (χ0) is 14.5. The van der Waals surface area contributed by atoms with Crippen LogP contribution in [0.15, 0.2) is 42.6 Å². The molecule has 1 amide bonds. The molecule has 0 aliphatic carbocycles. The fourth-order valence-corrected chi connectivity index (χ4v) is 1.73. The zero-order valence-electron chi connectivity index (χ0n) is 11.2. The summed E-state index contributed by atoms with van der Waals surface area (Å²) in [4.78, 5) is 27.6. The number of Topliss-reactive ketones (excluding diaryl/α,β-unsaturated/α-hetero) is 1. The maximum Gasteiger partial charge on any atom is 0.274 e. The number of amides is 1. The Balaban J connectivity index is 2.29. The first-order valence-corrected chi connectivity index (χ1v) is 6.03. The first-order chi connectivity index (χ1) is 9.61. The summed E-state index contributed by atoms with van der Waals surface area (Å²) >= 11 is 0. The lowest BCUT2D eigenvalue weighted by molar-refractivity contribution is 0.101. The third-order valence-corrected chi connectivity index (χ3v) is 2.75. The topological polar surface area (TPSA) is 68.3 Å². The Morgan fingerprint density at radius 1 is 1.20 bits per heavy atom. The highest BCUT2D eigenvalue weighted by Gasteiger charge is 2.13. The number of benzene rings is 1. The van der Waals surface area contributed by atoms with Gasteiger partial charge in [-0.25, -0.2) is 0 Å². The number of ether oxygens (including phenoxy) is 1. The van der Waals surface area contributed by atoms with Gasteiger partial charge in [0.2, 0.25) is 0 Å². The summed E-state index contributed by atoms with van der Waals surface area (Å²) in [5, 5.41) is 2.68. The standard InChI is InChI=1S/C15H14N2O3/c1-10(18)12-9-11(20-2)6-7-13(12)17-15(19)14-5-3-4-8-16-14/h3-9H,1-2H3,(H,17,19). The second-order valence-electron chi connectivity index (χ2n) is 4.14. The molecule has 0 saturated carbocycles. The molecule has 5 nitrogen and oxygen atoms in total. The van der Waals surface area contributed by atoms with E-state index in [1.807, 2.05) is 0 Å². The normalized spacial score (nSPS) is 9.90. The van der Waals surface area contributed by atoms with Crippen LogP contribution in [0, 0.1) is 0 Å². The zero-order valence-corrected chi connectivity index (χ0v) is 11.2. The van der Waals surface area contributed by atoms with Crippen LogP contribution in [-0.4, -0.2) is 23.8 Å². The monoisotopic (exact) mass is 270 g/mol. The number of ketones is 1. The van der Waals surface area contributed by atoms with E-state index in [0.717, 1.165) is 0 Å². The van der Waals surface area contributed by atoms with Crippen molar-refractivity contribution in [2.45, 2.75) is 6.92 Å². The van der Waals surface area contributed by atoms with E-state index in [2.05, 4.69) is 10.3 Å². The summed E-state index contributed by atoms with van der Waals surface area (Å²) in [5.74, 6) is 0.0459. The molecule has 0 unspecified atom stereocenters. The second-order valence-corrected chi connectivity index (χ2v) is 4.14. The Labute approximate surface area is 116 Å². The fourth-order valence-electron chi connectivity index (χ4n) is 1.73. The van der Waals surface area contributed by atoms with Gasteiger partial charge in [0, 0.05) is 11.8 Å². The summed E-state index contributed by atoms with van der Waals surface area (Å²) in [7, 11) is 1.52. The molecule has 0 fully saturated rings. The van der Waals surface area contributed by atoms with E-state index in [0.29, 0.717) is 17.0 Å². The summed E-state index contributed by atoms with van der Waals surface area (Å²) in [5.41, 5.74) is 1.13. The van der Waals surface area contributed by atoms with Crippen LogP contribution in [0.1, 0.15) is 27.8 Å². The summed E-state index contributed by atoms with van der Waals surface area (Å²) in [6, 6.07) is 9.96. The number of anilines is 1. The van der Waals surface area contributed by atoms with Gasteiger partial charge in [0.05, 0.1) is 12.8 Å². The SMILES string of the molecule is COc1ccc(NC(=O)c2ccccn2)c(C(C)=O)c1. The molecule has 0 aliphatic heterocycles. The Bertz CT molecular complexity index is 639. The van der Waals surface area contributed by atoms with Gasteiger partial charge in [-0.15, -0.1) is 0 Å². The van der Waals surface area contributed by atoms with E-state index in [4.69, 9.17) is 4.74 Å². The lowest BCUT2D eigenvalue weighted by Gasteiger charge is -2.10. The molecule has 0 atom stereocenters. The van der Waals surface area contributed by atoms with E-state index in [-0.39, 0.29) is 17.4 Å². The van der Waals surface area contributed by atoms with Crippen LogP contribution in [0.3, 0.4) is 0 Å². The quantitative estimate of drug-likeness (QED) is 0.867. The number of carbonyl (C=O) groups is 2. The van der Waals surface area contributed by atoms with Gasteiger partial charge in [0.1, 0.15) is 11.4 Å². The van der Waals surface area contributed by atoms with Gasteiger partial charge in [-0.3, -0.25) is 14.6 Å². The predicted molar refractivity (Wildman–Crippen MR) is 75.2 cm³/mol. The maximum absolute atomic E-state index is 12.0. The van der Waals surface area contributed by atoms with Crippen LogP contribution >= 0.6 is 0 Å². The van der Waals surface area contributed by atoms with Crippen LogP contribution in [-0.2, 0) is 0 Å². The molecule has 0 aliphatic rings. The third kappa shape index (κ3) is 3.00. The molecule has 0 bridgehead atoms. The van der Waals surface area contributed by atoms with E-state index in [9.17, 15) is 9.59 Å². The van der Waals surface area contributed by atoms with E-state index in [1.54, 1.807) is 36.4 Å². The van der Waals surface area contributed by atoms with Crippen LogP contribution in [0.4, 0.5) is 5.69 Å². The van der Waals surface area contributed by atoms with Crippen LogP contribution in [0.25, 0.3) is 0 Å². The fraction of sp³-hybridized carbons (Fsp3) is 0.133. The average Bonchev–Trinajstić information content (AvgIpc) is 2.48. The van der Waals surface area contributed by atoms with E-state index in [1.165, 1.54) is 20.2 Å². The van der Waals surface area contributed by atoms with Gasteiger partial charge in [-0.05, 0) is 37.3 Å². The van der Waals surface area contributed by atoms with Crippen molar-refractivity contribution in [2.75, 3.05) is 12.4 Å². The summed E-state index contributed by atoms with van der Waals surface area (Å²) < 4.78 is 5.07. The number of nitrogens with one attached hydrogen (secondary N) is 1. The van der Waals surface area contributed by atoms with Crippen LogP contribution < -0.4 is 10.1 Å². The molecule has 1 N–H and O–H groups in total. The Morgan fingerprint density at radius 2 is 2.00 bits per heavy atom. The maximum atomic E-state index is 12.0. The lowest BCUT2D eigenvalue weighted by Crippen LogP contribution is -2.15. The Hall–Kier alpha value is -2.69.